The molecule has 0 heterocycles. The van der Waals surface area contributed by atoms with Crippen molar-refractivity contribution in [3.05, 3.63) is 58.1 Å². The molecule has 0 aromatic heterocycles. The van der Waals surface area contributed by atoms with E-state index >= 15 is 0 Å². The molecular formula is C14H11Br. The van der Waals surface area contributed by atoms with Crippen molar-refractivity contribution in [3.63, 3.8) is 0 Å². The quantitative estimate of drug-likeness (QED) is 0.664. The van der Waals surface area contributed by atoms with Gasteiger partial charge in [-0.1, -0.05) is 46.3 Å². The molecule has 0 fully saturated rings. The SMILES string of the molecule is Brc1ccc2c(c1)-c1ccccc1CC2. The lowest BCUT2D eigenvalue weighted by Gasteiger charge is -2.19. The van der Waals surface area contributed by atoms with Crippen LogP contribution in [0.1, 0.15) is 11.1 Å². The first-order chi connectivity index (χ1) is 7.34. The van der Waals surface area contributed by atoms with Crippen LogP contribution < -0.4 is 0 Å². The maximum Gasteiger partial charge on any atom is 0.0181 e. The van der Waals surface area contributed by atoms with Crippen molar-refractivity contribution in [1.29, 1.82) is 0 Å². The number of benzene rings is 2. The lowest BCUT2D eigenvalue weighted by Crippen LogP contribution is -2.03. The summed E-state index contributed by atoms with van der Waals surface area (Å²) in [7, 11) is 0. The Morgan fingerprint density at radius 1 is 0.800 bits per heavy atom. The van der Waals surface area contributed by atoms with E-state index in [-0.39, 0.29) is 0 Å². The van der Waals surface area contributed by atoms with E-state index in [1.54, 1.807) is 0 Å². The predicted molar refractivity (Wildman–Crippen MR) is 67.0 cm³/mol. The maximum absolute atomic E-state index is 3.54. The van der Waals surface area contributed by atoms with Crippen LogP contribution in [0.3, 0.4) is 0 Å². The normalized spacial score (nSPS) is 13.1. The number of aryl methyl sites for hydroxylation is 2. The van der Waals surface area contributed by atoms with Gasteiger partial charge in [0.15, 0.2) is 0 Å². The summed E-state index contributed by atoms with van der Waals surface area (Å²) in [4.78, 5) is 0. The van der Waals surface area contributed by atoms with Crippen molar-refractivity contribution in [3.8, 4) is 11.1 Å². The molecule has 2 aromatic carbocycles. The highest BCUT2D eigenvalue weighted by Gasteiger charge is 2.14. The van der Waals surface area contributed by atoms with Crippen LogP contribution in [-0.4, -0.2) is 0 Å². The summed E-state index contributed by atoms with van der Waals surface area (Å²) in [6, 6.07) is 15.3. The summed E-state index contributed by atoms with van der Waals surface area (Å²) in [5, 5.41) is 0. The molecule has 0 radical (unpaired) electrons. The first-order valence-electron chi connectivity index (χ1n) is 5.21. The summed E-state index contributed by atoms with van der Waals surface area (Å²) in [6.07, 6.45) is 2.34. The van der Waals surface area contributed by atoms with Gasteiger partial charge in [-0.05, 0) is 47.2 Å². The van der Waals surface area contributed by atoms with Gasteiger partial charge in [0, 0.05) is 4.47 Å². The molecular weight excluding hydrogens is 248 g/mol. The third kappa shape index (κ3) is 1.51. The van der Waals surface area contributed by atoms with E-state index in [1.165, 1.54) is 35.1 Å². The minimum absolute atomic E-state index is 1.16. The second kappa shape index (κ2) is 3.49. The first kappa shape index (κ1) is 9.17. The number of hydrogen-bond donors (Lipinski definition) is 0. The summed E-state index contributed by atoms with van der Waals surface area (Å²) >= 11 is 3.54. The fourth-order valence-electron chi connectivity index (χ4n) is 2.29. The first-order valence-corrected chi connectivity index (χ1v) is 6.00. The zero-order chi connectivity index (χ0) is 10.3. The van der Waals surface area contributed by atoms with E-state index in [4.69, 9.17) is 0 Å². The monoisotopic (exact) mass is 258 g/mol. The van der Waals surface area contributed by atoms with Gasteiger partial charge in [-0.2, -0.15) is 0 Å². The highest BCUT2D eigenvalue weighted by atomic mass is 79.9. The van der Waals surface area contributed by atoms with Gasteiger partial charge in [0.2, 0.25) is 0 Å². The molecule has 0 bridgehead atoms. The third-order valence-corrected chi connectivity index (χ3v) is 3.54. The molecule has 2 aromatic rings. The highest BCUT2D eigenvalue weighted by Crippen LogP contribution is 2.34. The number of fused-ring (bicyclic) bond motifs is 3. The summed E-state index contributed by atoms with van der Waals surface area (Å²) in [5.74, 6) is 0. The molecule has 0 unspecified atom stereocenters. The van der Waals surface area contributed by atoms with Crippen LogP contribution in [0.15, 0.2) is 46.9 Å². The van der Waals surface area contributed by atoms with Crippen molar-refractivity contribution < 1.29 is 0 Å². The number of hydrogen-bond acceptors (Lipinski definition) is 0. The smallest absolute Gasteiger partial charge is 0.0181 e. The van der Waals surface area contributed by atoms with Gasteiger partial charge in [0.25, 0.3) is 0 Å². The molecule has 0 N–H and O–H groups in total. The Morgan fingerprint density at radius 3 is 2.40 bits per heavy atom. The second-order valence-electron chi connectivity index (χ2n) is 3.96. The van der Waals surface area contributed by atoms with Crippen molar-refractivity contribution in [2.75, 3.05) is 0 Å². The second-order valence-corrected chi connectivity index (χ2v) is 4.87. The fraction of sp³-hybridized carbons (Fsp3) is 0.143. The van der Waals surface area contributed by atoms with Gasteiger partial charge in [-0.3, -0.25) is 0 Å². The Labute approximate surface area is 98.1 Å². The van der Waals surface area contributed by atoms with Crippen LogP contribution in [0, 0.1) is 0 Å². The van der Waals surface area contributed by atoms with Gasteiger partial charge in [0.1, 0.15) is 0 Å². The van der Waals surface area contributed by atoms with Crippen LogP contribution in [0.25, 0.3) is 11.1 Å². The zero-order valence-corrected chi connectivity index (χ0v) is 9.92. The van der Waals surface area contributed by atoms with Gasteiger partial charge in [0.05, 0.1) is 0 Å². The lowest BCUT2D eigenvalue weighted by molar-refractivity contribution is 0.941. The molecule has 0 atom stereocenters. The molecule has 1 aliphatic carbocycles. The van der Waals surface area contributed by atoms with Crippen molar-refractivity contribution in [2.24, 2.45) is 0 Å². The van der Waals surface area contributed by atoms with Crippen LogP contribution in [0.5, 0.6) is 0 Å². The Balaban J connectivity index is 2.28. The molecule has 1 heteroatoms. The van der Waals surface area contributed by atoms with Gasteiger partial charge in [-0.15, -0.1) is 0 Å². The molecule has 0 saturated heterocycles. The molecule has 3 rings (SSSR count). The molecule has 74 valence electrons. The molecule has 0 saturated carbocycles. The summed E-state index contributed by atoms with van der Waals surface area (Å²) in [5.41, 5.74) is 5.74. The van der Waals surface area contributed by atoms with E-state index in [9.17, 15) is 0 Å². The zero-order valence-electron chi connectivity index (χ0n) is 8.33. The van der Waals surface area contributed by atoms with Crippen LogP contribution in [-0.2, 0) is 12.8 Å². The largest absolute Gasteiger partial charge is 0.0620 e. The van der Waals surface area contributed by atoms with E-state index in [1.807, 2.05) is 0 Å². The van der Waals surface area contributed by atoms with Gasteiger partial charge in [-0.25, -0.2) is 0 Å². The molecule has 1 aliphatic rings. The van der Waals surface area contributed by atoms with E-state index < -0.39 is 0 Å². The Bertz CT molecular complexity index is 514. The van der Waals surface area contributed by atoms with E-state index in [2.05, 4.69) is 58.4 Å². The standard InChI is InChI=1S/C14H11Br/c15-12-8-7-11-6-5-10-3-1-2-4-13(10)14(11)9-12/h1-4,7-9H,5-6H2. The summed E-state index contributed by atoms with van der Waals surface area (Å²) in [6.45, 7) is 0. The lowest BCUT2D eigenvalue weighted by atomic mass is 9.86. The van der Waals surface area contributed by atoms with Crippen LogP contribution >= 0.6 is 15.9 Å². The topological polar surface area (TPSA) is 0 Å². The minimum Gasteiger partial charge on any atom is -0.0620 e. The molecule has 15 heavy (non-hydrogen) atoms. The van der Waals surface area contributed by atoms with Crippen molar-refractivity contribution >= 4 is 15.9 Å². The Kier molecular flexibility index (Phi) is 2.14. The molecule has 0 amide bonds. The van der Waals surface area contributed by atoms with E-state index in [0.29, 0.717) is 0 Å². The average Bonchev–Trinajstić information content (AvgIpc) is 2.29. The highest BCUT2D eigenvalue weighted by molar-refractivity contribution is 9.10. The molecule has 0 aliphatic heterocycles. The third-order valence-electron chi connectivity index (χ3n) is 3.04. The maximum atomic E-state index is 3.54. The Hall–Kier alpha value is -1.08. The van der Waals surface area contributed by atoms with Gasteiger partial charge >= 0.3 is 0 Å². The predicted octanol–water partition coefficient (Wildman–Crippen LogP) is 4.21. The minimum atomic E-state index is 1.16. The van der Waals surface area contributed by atoms with Crippen LogP contribution in [0.4, 0.5) is 0 Å². The fourth-order valence-corrected chi connectivity index (χ4v) is 2.65. The van der Waals surface area contributed by atoms with Gasteiger partial charge < -0.3 is 0 Å². The number of rotatable bonds is 0. The average molecular weight is 259 g/mol. The molecule has 0 nitrogen and oxygen atoms in total. The van der Waals surface area contributed by atoms with Crippen LogP contribution in [0.2, 0.25) is 0 Å². The molecule has 0 spiro atoms. The Morgan fingerprint density at radius 2 is 1.53 bits per heavy atom. The number of halogens is 1. The van der Waals surface area contributed by atoms with E-state index in [0.717, 1.165) is 4.47 Å². The summed E-state index contributed by atoms with van der Waals surface area (Å²) < 4.78 is 1.16. The van der Waals surface area contributed by atoms with Crippen molar-refractivity contribution in [2.45, 2.75) is 12.8 Å². The van der Waals surface area contributed by atoms with Crippen molar-refractivity contribution in [1.82, 2.24) is 0 Å².